The summed E-state index contributed by atoms with van der Waals surface area (Å²) >= 11 is 0. The Morgan fingerprint density at radius 2 is 2.06 bits per heavy atom. The molecule has 1 aromatic carbocycles. The van der Waals surface area contributed by atoms with Gasteiger partial charge in [-0.3, -0.25) is 4.98 Å². The first kappa shape index (κ1) is 12.1. The maximum Gasteiger partial charge on any atom is 0.137 e. The third kappa shape index (κ3) is 2.84. The topological polar surface area (TPSA) is 71.9 Å². The molecule has 4 nitrogen and oxygen atoms in total. The van der Waals surface area contributed by atoms with Crippen LogP contribution in [0.1, 0.15) is 17.2 Å². The van der Waals surface area contributed by atoms with Crippen LogP contribution in [0.25, 0.3) is 0 Å². The van der Waals surface area contributed by atoms with Crippen molar-refractivity contribution >= 4 is 0 Å². The van der Waals surface area contributed by atoms with E-state index >= 15 is 0 Å². The van der Waals surface area contributed by atoms with E-state index < -0.39 is 0 Å². The molecule has 1 unspecified atom stereocenters. The predicted octanol–water partition coefficient (Wildman–Crippen LogP) is 2.03. The largest absolute Gasteiger partial charge is 0.484 e. The van der Waals surface area contributed by atoms with Gasteiger partial charge in [0.15, 0.2) is 0 Å². The Labute approximate surface area is 106 Å². The summed E-state index contributed by atoms with van der Waals surface area (Å²) in [5.74, 6) is 0.688. The Morgan fingerprint density at radius 1 is 1.28 bits per heavy atom. The maximum atomic E-state index is 8.72. The zero-order valence-corrected chi connectivity index (χ0v) is 9.78. The Morgan fingerprint density at radius 3 is 2.61 bits per heavy atom. The van der Waals surface area contributed by atoms with Gasteiger partial charge in [0.05, 0.1) is 11.6 Å². The summed E-state index contributed by atoms with van der Waals surface area (Å²) in [7, 11) is 0. The molecule has 90 valence electrons. The molecule has 0 saturated carbocycles. The Kier molecular flexibility index (Phi) is 3.90. The van der Waals surface area contributed by atoms with E-state index in [9.17, 15) is 0 Å². The van der Waals surface area contributed by atoms with E-state index in [0.717, 1.165) is 5.56 Å². The van der Waals surface area contributed by atoms with Crippen molar-refractivity contribution < 1.29 is 4.74 Å². The molecule has 2 N–H and O–H groups in total. The quantitative estimate of drug-likeness (QED) is 0.886. The molecule has 18 heavy (non-hydrogen) atoms. The van der Waals surface area contributed by atoms with E-state index in [0.29, 0.717) is 17.9 Å². The molecule has 0 aliphatic carbocycles. The van der Waals surface area contributed by atoms with Gasteiger partial charge in [0.1, 0.15) is 11.9 Å². The van der Waals surface area contributed by atoms with Gasteiger partial charge in [-0.1, -0.05) is 6.07 Å². The van der Waals surface area contributed by atoms with Gasteiger partial charge in [-0.2, -0.15) is 5.26 Å². The number of pyridine rings is 1. The maximum absolute atomic E-state index is 8.72. The number of nitrogens with zero attached hydrogens (tertiary/aromatic N) is 2. The average molecular weight is 239 g/mol. The van der Waals surface area contributed by atoms with Crippen LogP contribution in [0.4, 0.5) is 0 Å². The summed E-state index contributed by atoms with van der Waals surface area (Å²) in [5, 5.41) is 8.72. The van der Waals surface area contributed by atoms with E-state index in [1.807, 2.05) is 12.1 Å². The number of rotatable bonds is 4. The van der Waals surface area contributed by atoms with E-state index in [1.54, 1.807) is 36.7 Å². The Hall–Kier alpha value is -2.38. The SMILES string of the molecule is N#Cc1ccc(OC(CN)c2cccnc2)cc1. The second kappa shape index (κ2) is 5.80. The van der Waals surface area contributed by atoms with Crippen LogP contribution in [-0.2, 0) is 0 Å². The minimum atomic E-state index is -0.230. The average Bonchev–Trinajstić information content (AvgIpc) is 2.46. The zero-order chi connectivity index (χ0) is 12.8. The molecule has 0 fully saturated rings. The van der Waals surface area contributed by atoms with Crippen LogP contribution in [-0.4, -0.2) is 11.5 Å². The normalized spacial score (nSPS) is 11.6. The third-order valence-electron chi connectivity index (χ3n) is 2.53. The number of hydrogen-bond acceptors (Lipinski definition) is 4. The summed E-state index contributed by atoms with van der Waals surface area (Å²) in [6.45, 7) is 0.367. The predicted molar refractivity (Wildman–Crippen MR) is 67.8 cm³/mol. The first-order valence-electron chi connectivity index (χ1n) is 5.60. The molecule has 0 bridgehead atoms. The minimum Gasteiger partial charge on any atom is -0.484 e. The van der Waals surface area contributed by atoms with Gasteiger partial charge in [-0.15, -0.1) is 0 Å². The number of hydrogen-bond donors (Lipinski definition) is 1. The molecule has 0 spiro atoms. The van der Waals surface area contributed by atoms with Crippen LogP contribution in [0.3, 0.4) is 0 Å². The van der Waals surface area contributed by atoms with E-state index in [2.05, 4.69) is 11.1 Å². The Balaban J connectivity index is 2.13. The zero-order valence-electron chi connectivity index (χ0n) is 9.78. The van der Waals surface area contributed by atoms with E-state index in [1.165, 1.54) is 0 Å². The monoisotopic (exact) mass is 239 g/mol. The molecule has 4 heteroatoms. The molecule has 2 rings (SSSR count). The lowest BCUT2D eigenvalue weighted by atomic mass is 10.1. The lowest BCUT2D eigenvalue weighted by Gasteiger charge is -2.17. The number of benzene rings is 1. The highest BCUT2D eigenvalue weighted by Gasteiger charge is 2.11. The third-order valence-corrected chi connectivity index (χ3v) is 2.53. The fourth-order valence-corrected chi connectivity index (χ4v) is 1.59. The van der Waals surface area contributed by atoms with Gasteiger partial charge < -0.3 is 10.5 Å². The fourth-order valence-electron chi connectivity index (χ4n) is 1.59. The highest BCUT2D eigenvalue weighted by atomic mass is 16.5. The number of ether oxygens (including phenoxy) is 1. The molecule has 1 heterocycles. The van der Waals surface area contributed by atoms with Crippen molar-refractivity contribution in [1.29, 1.82) is 5.26 Å². The first-order valence-corrected chi connectivity index (χ1v) is 5.60. The van der Waals surface area contributed by atoms with Crippen molar-refractivity contribution in [3.63, 3.8) is 0 Å². The van der Waals surface area contributed by atoms with Crippen LogP contribution in [0.15, 0.2) is 48.8 Å². The lowest BCUT2D eigenvalue weighted by molar-refractivity contribution is 0.214. The summed E-state index contributed by atoms with van der Waals surface area (Å²) < 4.78 is 5.77. The van der Waals surface area contributed by atoms with Crippen molar-refractivity contribution in [3.05, 3.63) is 59.9 Å². The molecular formula is C14H13N3O. The summed E-state index contributed by atoms with van der Waals surface area (Å²) in [6, 6.07) is 12.8. The number of nitriles is 1. The van der Waals surface area contributed by atoms with Crippen LogP contribution < -0.4 is 10.5 Å². The number of aromatic nitrogens is 1. The second-order valence-electron chi connectivity index (χ2n) is 3.76. The highest BCUT2D eigenvalue weighted by Crippen LogP contribution is 2.20. The van der Waals surface area contributed by atoms with Crippen molar-refractivity contribution in [2.45, 2.75) is 6.10 Å². The molecule has 0 radical (unpaired) electrons. The summed E-state index contributed by atoms with van der Waals surface area (Å²) in [5.41, 5.74) is 7.24. The van der Waals surface area contributed by atoms with Gasteiger partial charge in [-0.05, 0) is 30.3 Å². The number of nitrogens with two attached hydrogens (primary N) is 1. The van der Waals surface area contributed by atoms with Gasteiger partial charge >= 0.3 is 0 Å². The molecular weight excluding hydrogens is 226 g/mol. The van der Waals surface area contributed by atoms with Crippen LogP contribution in [0.2, 0.25) is 0 Å². The van der Waals surface area contributed by atoms with Gasteiger partial charge in [0, 0.05) is 24.5 Å². The van der Waals surface area contributed by atoms with Crippen molar-refractivity contribution in [3.8, 4) is 11.8 Å². The molecule has 0 saturated heterocycles. The minimum absolute atomic E-state index is 0.230. The smallest absolute Gasteiger partial charge is 0.137 e. The van der Waals surface area contributed by atoms with Crippen molar-refractivity contribution in [1.82, 2.24) is 4.98 Å². The van der Waals surface area contributed by atoms with Crippen molar-refractivity contribution in [2.24, 2.45) is 5.73 Å². The summed E-state index contributed by atoms with van der Waals surface area (Å²) in [4.78, 5) is 4.04. The van der Waals surface area contributed by atoms with Gasteiger partial charge in [-0.25, -0.2) is 0 Å². The van der Waals surface area contributed by atoms with Crippen LogP contribution in [0, 0.1) is 11.3 Å². The molecule has 0 aliphatic heterocycles. The second-order valence-corrected chi connectivity index (χ2v) is 3.76. The highest BCUT2D eigenvalue weighted by molar-refractivity contribution is 5.35. The van der Waals surface area contributed by atoms with E-state index in [4.69, 9.17) is 15.7 Å². The van der Waals surface area contributed by atoms with Gasteiger partial charge in [0.25, 0.3) is 0 Å². The lowest BCUT2D eigenvalue weighted by Crippen LogP contribution is -2.18. The molecule has 1 atom stereocenters. The molecule has 2 aromatic rings. The van der Waals surface area contributed by atoms with Crippen molar-refractivity contribution in [2.75, 3.05) is 6.54 Å². The van der Waals surface area contributed by atoms with Gasteiger partial charge in [0.2, 0.25) is 0 Å². The standard InChI is InChI=1S/C14H13N3O/c15-8-11-3-5-13(6-4-11)18-14(9-16)12-2-1-7-17-10-12/h1-7,10,14H,9,16H2. The molecule has 0 amide bonds. The molecule has 0 aliphatic rings. The summed E-state index contributed by atoms with van der Waals surface area (Å²) in [6.07, 6.45) is 3.21. The molecule has 1 aromatic heterocycles. The first-order chi connectivity index (χ1) is 8.83. The fraction of sp³-hybridized carbons (Fsp3) is 0.143. The Bertz CT molecular complexity index is 531. The van der Waals surface area contributed by atoms with Crippen LogP contribution >= 0.6 is 0 Å². The van der Waals surface area contributed by atoms with E-state index in [-0.39, 0.29) is 6.10 Å². The van der Waals surface area contributed by atoms with Crippen LogP contribution in [0.5, 0.6) is 5.75 Å².